The van der Waals surface area contributed by atoms with Crippen LogP contribution in [0.1, 0.15) is 37.4 Å². The largest absolute Gasteiger partial charge is 0.487 e. The quantitative estimate of drug-likeness (QED) is 0.161. The summed E-state index contributed by atoms with van der Waals surface area (Å²) >= 11 is 7.93. The van der Waals surface area contributed by atoms with Crippen molar-refractivity contribution in [3.05, 3.63) is 93.8 Å². The first kappa shape index (κ1) is 29.8. The zero-order chi connectivity index (χ0) is 29.9. The van der Waals surface area contributed by atoms with E-state index in [1.165, 1.54) is 34.1 Å². The average molecular weight is 626 g/mol. The summed E-state index contributed by atoms with van der Waals surface area (Å²) in [5.41, 5.74) is 3.74. The number of thiazole rings is 1. The van der Waals surface area contributed by atoms with Gasteiger partial charge in [0, 0.05) is 28.6 Å². The second-order valence-electron chi connectivity index (χ2n) is 9.49. The summed E-state index contributed by atoms with van der Waals surface area (Å²) in [5, 5.41) is 7.14. The Hall–Kier alpha value is -3.64. The summed E-state index contributed by atoms with van der Waals surface area (Å²) in [6, 6.07) is 16.9. The minimum Gasteiger partial charge on any atom is -0.487 e. The number of halogens is 2. The average Bonchev–Trinajstić information content (AvgIpc) is 3.48. The van der Waals surface area contributed by atoms with E-state index >= 15 is 0 Å². The maximum absolute atomic E-state index is 13.5. The van der Waals surface area contributed by atoms with Crippen molar-refractivity contribution in [3.63, 3.8) is 0 Å². The molecule has 0 saturated carbocycles. The minimum atomic E-state index is -3.36. The van der Waals surface area contributed by atoms with Crippen LogP contribution in [0.5, 0.6) is 5.75 Å². The SMILES string of the molecule is CCN(C(C)c1nc(-c2ccc3ncnc(Nc4ccc(OCc5cccc(F)c5)c(Cl)c4)c3c2)cs1)S(=O)(=O)CC. The second kappa shape index (κ2) is 12.7. The molecule has 0 radical (unpaired) electrons. The van der Waals surface area contributed by atoms with Crippen molar-refractivity contribution in [1.82, 2.24) is 19.3 Å². The molecule has 1 N–H and O–H groups in total. The van der Waals surface area contributed by atoms with E-state index in [9.17, 15) is 12.8 Å². The highest BCUT2D eigenvalue weighted by Crippen LogP contribution is 2.34. The molecule has 1 atom stereocenters. The fraction of sp³-hybridized carbons (Fsp3) is 0.233. The number of benzene rings is 3. The van der Waals surface area contributed by atoms with Crippen LogP contribution in [0.2, 0.25) is 5.02 Å². The molecule has 0 saturated heterocycles. The molecule has 5 rings (SSSR count). The number of sulfonamides is 1. The highest BCUT2D eigenvalue weighted by atomic mass is 35.5. The minimum absolute atomic E-state index is 0.0414. The molecule has 8 nitrogen and oxygen atoms in total. The van der Waals surface area contributed by atoms with Crippen molar-refractivity contribution in [2.24, 2.45) is 0 Å². The fourth-order valence-corrected chi connectivity index (χ4v) is 7.05. The molecule has 0 amide bonds. The number of anilines is 2. The molecule has 218 valence electrons. The molecule has 0 aliphatic heterocycles. The van der Waals surface area contributed by atoms with Gasteiger partial charge in [-0.1, -0.05) is 36.7 Å². The highest BCUT2D eigenvalue weighted by Gasteiger charge is 2.27. The molecule has 0 fully saturated rings. The fourth-order valence-electron chi connectivity index (χ4n) is 4.55. The molecule has 12 heteroatoms. The molecular formula is C30H29ClFN5O3S2. The molecule has 2 heterocycles. The lowest BCUT2D eigenvalue weighted by atomic mass is 10.1. The number of nitrogens with zero attached hydrogens (tertiary/aromatic N) is 4. The molecule has 5 aromatic rings. The molecule has 0 spiro atoms. The number of ether oxygens (including phenoxy) is 1. The van der Waals surface area contributed by atoms with Crippen LogP contribution in [0.15, 0.2) is 72.4 Å². The van der Waals surface area contributed by atoms with Crippen molar-refractivity contribution in [1.29, 1.82) is 0 Å². The molecule has 1 unspecified atom stereocenters. The third kappa shape index (κ3) is 6.54. The molecule has 2 aromatic heterocycles. The van der Waals surface area contributed by atoms with Gasteiger partial charge in [-0.3, -0.25) is 0 Å². The Morgan fingerprint density at radius 2 is 1.93 bits per heavy atom. The van der Waals surface area contributed by atoms with Gasteiger partial charge in [-0.15, -0.1) is 11.3 Å². The van der Waals surface area contributed by atoms with E-state index < -0.39 is 10.0 Å². The predicted molar refractivity (Wildman–Crippen MR) is 166 cm³/mol. The number of nitrogens with one attached hydrogen (secondary N) is 1. The summed E-state index contributed by atoms with van der Waals surface area (Å²) < 4.78 is 45.8. The Balaban J connectivity index is 1.37. The van der Waals surface area contributed by atoms with Crippen LogP contribution in [0.3, 0.4) is 0 Å². The smallest absolute Gasteiger partial charge is 0.214 e. The van der Waals surface area contributed by atoms with Crippen LogP contribution < -0.4 is 10.1 Å². The number of hydrogen-bond acceptors (Lipinski definition) is 8. The topological polar surface area (TPSA) is 97.3 Å². The van der Waals surface area contributed by atoms with Crippen molar-refractivity contribution < 1.29 is 17.5 Å². The van der Waals surface area contributed by atoms with Gasteiger partial charge < -0.3 is 10.1 Å². The Labute approximate surface area is 253 Å². The Morgan fingerprint density at radius 3 is 2.67 bits per heavy atom. The summed E-state index contributed by atoms with van der Waals surface area (Å²) in [7, 11) is -3.36. The summed E-state index contributed by atoms with van der Waals surface area (Å²) in [4.78, 5) is 13.6. The van der Waals surface area contributed by atoms with Crippen LogP contribution >= 0.6 is 22.9 Å². The van der Waals surface area contributed by atoms with Crippen LogP contribution in [0.25, 0.3) is 22.2 Å². The highest BCUT2D eigenvalue weighted by molar-refractivity contribution is 7.89. The normalized spacial score (nSPS) is 12.5. The predicted octanol–water partition coefficient (Wildman–Crippen LogP) is 7.60. The summed E-state index contributed by atoms with van der Waals surface area (Å²) in [6.07, 6.45) is 1.48. The van der Waals surface area contributed by atoms with Crippen molar-refractivity contribution in [2.45, 2.75) is 33.4 Å². The van der Waals surface area contributed by atoms with Gasteiger partial charge >= 0.3 is 0 Å². The maximum Gasteiger partial charge on any atom is 0.214 e. The van der Waals surface area contributed by atoms with Crippen LogP contribution in [0.4, 0.5) is 15.9 Å². The molecule has 3 aromatic carbocycles. The lowest BCUT2D eigenvalue weighted by Gasteiger charge is -2.25. The monoisotopic (exact) mass is 625 g/mol. The number of hydrogen-bond donors (Lipinski definition) is 1. The first-order chi connectivity index (χ1) is 20.2. The first-order valence-electron chi connectivity index (χ1n) is 13.3. The van der Waals surface area contributed by atoms with Crippen LogP contribution in [-0.2, 0) is 16.6 Å². The lowest BCUT2D eigenvalue weighted by Crippen LogP contribution is -2.34. The lowest BCUT2D eigenvalue weighted by molar-refractivity contribution is 0.306. The molecule has 0 aliphatic rings. The van der Waals surface area contributed by atoms with E-state index in [1.54, 1.807) is 31.2 Å². The van der Waals surface area contributed by atoms with Gasteiger partial charge in [0.1, 0.15) is 35.3 Å². The number of fused-ring (bicyclic) bond motifs is 1. The third-order valence-corrected chi connectivity index (χ3v) is 10.1. The molecular weight excluding hydrogens is 597 g/mol. The van der Waals surface area contributed by atoms with Gasteiger partial charge in [0.15, 0.2) is 0 Å². The van der Waals surface area contributed by atoms with E-state index in [4.69, 9.17) is 21.3 Å². The first-order valence-corrected chi connectivity index (χ1v) is 16.2. The van der Waals surface area contributed by atoms with E-state index in [1.807, 2.05) is 43.5 Å². The van der Waals surface area contributed by atoms with Gasteiger partial charge in [0.05, 0.1) is 28.0 Å². The Bertz CT molecular complexity index is 1830. The summed E-state index contributed by atoms with van der Waals surface area (Å²) in [5.74, 6) is 0.779. The molecule has 42 heavy (non-hydrogen) atoms. The van der Waals surface area contributed by atoms with Crippen molar-refractivity contribution in [2.75, 3.05) is 17.6 Å². The zero-order valence-corrected chi connectivity index (χ0v) is 25.6. The van der Waals surface area contributed by atoms with Gasteiger partial charge in [0.25, 0.3) is 0 Å². The number of rotatable bonds is 11. The van der Waals surface area contributed by atoms with Gasteiger partial charge in [0.2, 0.25) is 10.0 Å². The standard InChI is InChI=1S/C30H29ClFN5O3S2/c1-4-37(42(38,39)5-2)19(3)30-36-27(17-41-30)21-9-11-26-24(14-21)29(34-18-33-26)35-23-10-12-28(25(31)15-23)40-16-20-7-6-8-22(32)13-20/h6-15,17-19H,4-5,16H2,1-3H3,(H,33,34,35). The maximum atomic E-state index is 13.5. The van der Waals surface area contributed by atoms with E-state index in [0.717, 1.165) is 27.2 Å². The third-order valence-electron chi connectivity index (χ3n) is 6.75. The molecule has 0 aliphatic carbocycles. The zero-order valence-electron chi connectivity index (χ0n) is 23.2. The van der Waals surface area contributed by atoms with Gasteiger partial charge in [-0.25, -0.2) is 27.8 Å². The summed E-state index contributed by atoms with van der Waals surface area (Å²) in [6.45, 7) is 5.89. The van der Waals surface area contributed by atoms with E-state index in [2.05, 4.69) is 15.3 Å². The Kier molecular flexibility index (Phi) is 9.02. The number of aromatic nitrogens is 3. The van der Waals surface area contributed by atoms with Crippen molar-refractivity contribution >= 4 is 55.4 Å². The van der Waals surface area contributed by atoms with Gasteiger partial charge in [-0.2, -0.15) is 4.31 Å². The Morgan fingerprint density at radius 1 is 1.10 bits per heavy atom. The van der Waals surface area contributed by atoms with E-state index in [0.29, 0.717) is 34.4 Å². The van der Waals surface area contributed by atoms with E-state index in [-0.39, 0.29) is 24.2 Å². The van der Waals surface area contributed by atoms with Gasteiger partial charge in [-0.05, 0) is 61.9 Å². The van der Waals surface area contributed by atoms with Crippen molar-refractivity contribution in [3.8, 4) is 17.0 Å². The van der Waals surface area contributed by atoms with Crippen LogP contribution in [0, 0.1) is 5.82 Å². The second-order valence-corrected chi connectivity index (χ2v) is 13.0. The molecule has 0 bridgehead atoms. The van der Waals surface area contributed by atoms with Crippen LogP contribution in [-0.4, -0.2) is 40.0 Å².